The normalized spacial score (nSPS) is 19.8. The summed E-state index contributed by atoms with van der Waals surface area (Å²) in [4.78, 5) is 20.2. The lowest BCUT2D eigenvalue weighted by Gasteiger charge is -2.30. The number of nitrogens with one attached hydrogen (secondary N) is 1. The Morgan fingerprint density at radius 2 is 2.07 bits per heavy atom. The number of likely N-dealkylation sites (tertiary alicyclic amines) is 1. The number of benzene rings is 1. The van der Waals surface area contributed by atoms with Gasteiger partial charge in [-0.1, -0.05) is 24.4 Å². The Morgan fingerprint density at radius 3 is 2.75 bits per heavy atom. The number of thiocarbonyl (C=S) groups is 1. The number of H-pyrrole nitrogens is 1. The van der Waals surface area contributed by atoms with Crippen LogP contribution in [0.2, 0.25) is 0 Å². The van der Waals surface area contributed by atoms with Crippen molar-refractivity contribution in [3.8, 4) is 0 Å². The van der Waals surface area contributed by atoms with Gasteiger partial charge in [0.2, 0.25) is 0 Å². The highest BCUT2D eigenvalue weighted by atomic mass is 32.1. The predicted octanol–water partition coefficient (Wildman–Crippen LogP) is 3.95. The smallest absolute Gasteiger partial charge is 0.410 e. The topological polar surface area (TPSA) is 57.8 Å². The van der Waals surface area contributed by atoms with Crippen LogP contribution in [-0.4, -0.2) is 64.3 Å². The maximum Gasteiger partial charge on any atom is 0.410 e. The minimum Gasteiger partial charge on any atom is -0.444 e. The van der Waals surface area contributed by atoms with Crippen molar-refractivity contribution in [1.29, 1.82) is 0 Å². The molecule has 0 spiro atoms. The molecule has 1 fully saturated rings. The van der Waals surface area contributed by atoms with Crippen molar-refractivity contribution >= 4 is 34.2 Å². The average molecular weight is 404 g/mol. The molecule has 0 radical (unpaired) electrons. The summed E-state index contributed by atoms with van der Waals surface area (Å²) in [6, 6.07) is 8.09. The van der Waals surface area contributed by atoms with Crippen molar-refractivity contribution in [1.82, 2.24) is 14.8 Å². The van der Waals surface area contributed by atoms with Gasteiger partial charge in [0.25, 0.3) is 0 Å². The maximum atomic E-state index is 12.7. The standard InChI is InChI=1S/C21H29N3O3S/c1-21(2,3)27-20(25)24-12-16(11-18(24)19(28)23(4)5)26-13-14-6-7-15-8-9-22-17(15)10-14/h6-10,16,18,22H,11-13H2,1-5H3/t16-,18+/m1/s1. The van der Waals surface area contributed by atoms with Gasteiger partial charge in [0, 0.05) is 32.2 Å². The van der Waals surface area contributed by atoms with Gasteiger partial charge in [-0.05, 0) is 43.9 Å². The van der Waals surface area contributed by atoms with Crippen LogP contribution in [0.25, 0.3) is 10.9 Å². The van der Waals surface area contributed by atoms with E-state index in [0.29, 0.717) is 24.6 Å². The fourth-order valence-electron chi connectivity index (χ4n) is 3.37. The number of amides is 1. The fourth-order valence-corrected chi connectivity index (χ4v) is 3.59. The van der Waals surface area contributed by atoms with Gasteiger partial charge < -0.3 is 19.4 Å². The number of carbonyl (C=O) groups excluding carboxylic acids is 1. The van der Waals surface area contributed by atoms with Crippen molar-refractivity contribution in [2.75, 3.05) is 20.6 Å². The van der Waals surface area contributed by atoms with Crippen LogP contribution in [0.1, 0.15) is 32.8 Å². The molecule has 1 aromatic carbocycles. The van der Waals surface area contributed by atoms with Gasteiger partial charge in [-0.2, -0.15) is 0 Å². The van der Waals surface area contributed by atoms with Gasteiger partial charge in [-0.25, -0.2) is 4.79 Å². The monoisotopic (exact) mass is 403 g/mol. The Morgan fingerprint density at radius 1 is 1.32 bits per heavy atom. The summed E-state index contributed by atoms with van der Waals surface area (Å²) in [6.45, 7) is 6.56. The second-order valence-corrected chi connectivity index (χ2v) is 8.87. The number of hydrogen-bond acceptors (Lipinski definition) is 4. The number of fused-ring (bicyclic) bond motifs is 1. The highest BCUT2D eigenvalue weighted by Gasteiger charge is 2.40. The molecule has 28 heavy (non-hydrogen) atoms. The lowest BCUT2D eigenvalue weighted by molar-refractivity contribution is 0.0169. The highest BCUT2D eigenvalue weighted by molar-refractivity contribution is 7.80. The number of hydrogen-bond donors (Lipinski definition) is 1. The van der Waals surface area contributed by atoms with Crippen molar-refractivity contribution < 1.29 is 14.3 Å². The minimum absolute atomic E-state index is 0.0882. The fraction of sp³-hybridized carbons (Fsp3) is 0.524. The van der Waals surface area contributed by atoms with Crippen molar-refractivity contribution in [2.45, 2.75) is 51.5 Å². The molecule has 2 atom stereocenters. The SMILES string of the molecule is CN(C)C(=S)[C@@H]1C[C@@H](OCc2ccc3cc[nH]c3c2)CN1C(=O)OC(C)(C)C. The molecule has 7 heteroatoms. The Bertz CT molecular complexity index is 856. The van der Waals surface area contributed by atoms with E-state index in [1.165, 1.54) is 5.39 Å². The number of nitrogens with zero attached hydrogens (tertiary/aromatic N) is 2. The third kappa shape index (κ3) is 4.83. The van der Waals surface area contributed by atoms with Gasteiger partial charge in [-0.15, -0.1) is 0 Å². The molecule has 1 aromatic heterocycles. The molecule has 1 saturated heterocycles. The molecular formula is C21H29N3O3S. The molecule has 152 valence electrons. The molecule has 0 aliphatic carbocycles. The number of carbonyl (C=O) groups is 1. The van der Waals surface area contributed by atoms with E-state index in [1.807, 2.05) is 52.0 Å². The van der Waals surface area contributed by atoms with Crippen LogP contribution in [-0.2, 0) is 16.1 Å². The summed E-state index contributed by atoms with van der Waals surface area (Å²) >= 11 is 5.57. The first kappa shape index (κ1) is 20.6. The number of ether oxygens (including phenoxy) is 2. The van der Waals surface area contributed by atoms with Crippen molar-refractivity contribution in [3.63, 3.8) is 0 Å². The number of rotatable bonds is 4. The molecular weight excluding hydrogens is 374 g/mol. The first-order valence-electron chi connectivity index (χ1n) is 9.52. The molecule has 1 amide bonds. The molecule has 6 nitrogen and oxygen atoms in total. The van der Waals surface area contributed by atoms with E-state index in [4.69, 9.17) is 21.7 Å². The Balaban J connectivity index is 1.68. The molecule has 0 saturated carbocycles. The summed E-state index contributed by atoms with van der Waals surface area (Å²) in [5, 5.41) is 1.18. The molecule has 2 aromatic rings. The zero-order chi connectivity index (χ0) is 20.5. The van der Waals surface area contributed by atoms with E-state index in [1.54, 1.807) is 4.90 Å². The van der Waals surface area contributed by atoms with E-state index >= 15 is 0 Å². The van der Waals surface area contributed by atoms with Crippen LogP contribution in [0.4, 0.5) is 4.79 Å². The van der Waals surface area contributed by atoms with E-state index in [-0.39, 0.29) is 18.2 Å². The Labute approximate surface area is 171 Å². The second-order valence-electron chi connectivity index (χ2n) is 8.45. The molecule has 3 rings (SSSR count). The third-order valence-electron chi connectivity index (χ3n) is 4.72. The molecule has 1 aliphatic rings. The van der Waals surface area contributed by atoms with Gasteiger partial charge >= 0.3 is 6.09 Å². The van der Waals surface area contributed by atoms with Gasteiger partial charge in [-0.3, -0.25) is 4.90 Å². The maximum absolute atomic E-state index is 12.7. The largest absolute Gasteiger partial charge is 0.444 e. The van der Waals surface area contributed by atoms with Gasteiger partial charge in [0.1, 0.15) is 10.6 Å². The summed E-state index contributed by atoms with van der Waals surface area (Å²) in [5.74, 6) is 0. The quantitative estimate of drug-likeness (QED) is 0.784. The Kier molecular flexibility index (Phi) is 5.95. The van der Waals surface area contributed by atoms with Crippen LogP contribution in [0.5, 0.6) is 0 Å². The summed E-state index contributed by atoms with van der Waals surface area (Å²) in [6.07, 6.45) is 2.16. The van der Waals surface area contributed by atoms with E-state index in [2.05, 4.69) is 23.2 Å². The average Bonchev–Trinajstić information content (AvgIpc) is 3.24. The molecule has 0 unspecified atom stereocenters. The summed E-state index contributed by atoms with van der Waals surface area (Å²) in [7, 11) is 3.80. The van der Waals surface area contributed by atoms with Gasteiger partial charge in [0.15, 0.2) is 0 Å². The molecule has 0 bridgehead atoms. The highest BCUT2D eigenvalue weighted by Crippen LogP contribution is 2.26. The van der Waals surface area contributed by atoms with Crippen LogP contribution >= 0.6 is 12.2 Å². The van der Waals surface area contributed by atoms with Crippen LogP contribution in [0.15, 0.2) is 30.5 Å². The van der Waals surface area contributed by atoms with Gasteiger partial charge in [0.05, 0.1) is 25.3 Å². The van der Waals surface area contributed by atoms with Crippen LogP contribution in [0, 0.1) is 0 Å². The number of aromatic amines is 1. The van der Waals surface area contributed by atoms with E-state index < -0.39 is 5.60 Å². The molecule has 2 heterocycles. The summed E-state index contributed by atoms with van der Waals surface area (Å²) < 4.78 is 11.7. The number of likely N-dealkylation sites (N-methyl/N-ethyl adjacent to an activating group) is 1. The van der Waals surface area contributed by atoms with Crippen LogP contribution in [0.3, 0.4) is 0 Å². The lowest BCUT2D eigenvalue weighted by atomic mass is 10.1. The predicted molar refractivity (Wildman–Crippen MR) is 115 cm³/mol. The van der Waals surface area contributed by atoms with E-state index in [0.717, 1.165) is 11.1 Å². The first-order valence-corrected chi connectivity index (χ1v) is 9.93. The first-order chi connectivity index (χ1) is 13.1. The van der Waals surface area contributed by atoms with E-state index in [9.17, 15) is 4.79 Å². The van der Waals surface area contributed by atoms with Crippen LogP contribution < -0.4 is 0 Å². The van der Waals surface area contributed by atoms with Crippen molar-refractivity contribution in [3.05, 3.63) is 36.0 Å². The third-order valence-corrected chi connectivity index (χ3v) is 5.36. The second kappa shape index (κ2) is 8.09. The number of aromatic nitrogens is 1. The lowest BCUT2D eigenvalue weighted by Crippen LogP contribution is -2.46. The molecule has 1 aliphatic heterocycles. The Hall–Kier alpha value is -2.12. The zero-order valence-corrected chi connectivity index (χ0v) is 18.0. The van der Waals surface area contributed by atoms with Crippen molar-refractivity contribution in [2.24, 2.45) is 0 Å². The minimum atomic E-state index is -0.550. The molecule has 1 N–H and O–H groups in total. The summed E-state index contributed by atoms with van der Waals surface area (Å²) in [5.41, 5.74) is 1.64. The zero-order valence-electron chi connectivity index (χ0n) is 17.2.